The van der Waals surface area contributed by atoms with Crippen molar-refractivity contribution in [1.82, 2.24) is 4.98 Å². The van der Waals surface area contributed by atoms with Crippen molar-refractivity contribution in [3.63, 3.8) is 0 Å². The van der Waals surface area contributed by atoms with Crippen molar-refractivity contribution in [1.29, 1.82) is 0 Å². The molecule has 0 saturated heterocycles. The second-order valence-corrected chi connectivity index (χ2v) is 2.10. The number of nitrogens with zero attached hydrogens (tertiary/aromatic N) is 1. The summed E-state index contributed by atoms with van der Waals surface area (Å²) in [6.45, 7) is 1.63. The number of hydrogen-bond acceptors (Lipinski definition) is 1. The lowest BCUT2D eigenvalue weighted by atomic mass is 10.3. The molecular weight excluding hydrogens is 138 g/mol. The highest BCUT2D eigenvalue weighted by Crippen LogP contribution is 2.16. The van der Waals surface area contributed by atoms with Gasteiger partial charge in [0.05, 0.1) is 5.69 Å². The first-order chi connectivity index (χ1) is 4.20. The van der Waals surface area contributed by atoms with Gasteiger partial charge in [-0.2, -0.15) is 0 Å². The molecule has 1 radical (unpaired) electrons. The van der Waals surface area contributed by atoms with Crippen molar-refractivity contribution >= 4 is 11.6 Å². The first-order valence-electron chi connectivity index (χ1n) is 2.50. The van der Waals surface area contributed by atoms with Crippen LogP contribution in [0.1, 0.15) is 5.69 Å². The minimum absolute atomic E-state index is 0.0700. The van der Waals surface area contributed by atoms with Crippen molar-refractivity contribution < 1.29 is 5.11 Å². The predicted octanol–water partition coefficient (Wildman–Crippen LogP) is 2.19. The monoisotopic (exact) mass is 142 g/mol. The lowest BCUT2D eigenvalue weighted by Crippen LogP contribution is -1.79. The van der Waals surface area contributed by atoms with E-state index in [9.17, 15) is 5.11 Å². The molecular formula is C6H5ClNO. The molecule has 0 aromatic carbocycles. The highest BCUT2D eigenvalue weighted by atomic mass is 35.5. The first kappa shape index (κ1) is 6.36. The Balaban J connectivity index is 3.17. The van der Waals surface area contributed by atoms with Gasteiger partial charge < -0.3 is 0 Å². The van der Waals surface area contributed by atoms with E-state index in [1.807, 2.05) is 0 Å². The van der Waals surface area contributed by atoms with Gasteiger partial charge in [-0.15, -0.1) is 0 Å². The van der Waals surface area contributed by atoms with Crippen LogP contribution in [0.25, 0.3) is 0 Å². The lowest BCUT2D eigenvalue weighted by molar-refractivity contribution is 0.349. The zero-order chi connectivity index (χ0) is 6.85. The molecule has 1 rings (SSSR count). The molecule has 0 bridgehead atoms. The average molecular weight is 143 g/mol. The molecule has 0 aliphatic rings. The SMILES string of the molecule is Cc1nc(Cl)ccc1[O]. The van der Waals surface area contributed by atoms with Crippen LogP contribution in [0.4, 0.5) is 0 Å². The van der Waals surface area contributed by atoms with E-state index >= 15 is 0 Å². The maximum atomic E-state index is 10.7. The fourth-order valence-corrected chi connectivity index (χ4v) is 0.707. The highest BCUT2D eigenvalue weighted by molar-refractivity contribution is 6.29. The van der Waals surface area contributed by atoms with E-state index in [-0.39, 0.29) is 5.75 Å². The second-order valence-electron chi connectivity index (χ2n) is 1.72. The molecule has 9 heavy (non-hydrogen) atoms. The van der Waals surface area contributed by atoms with Gasteiger partial charge in [-0.3, -0.25) is 5.11 Å². The summed E-state index contributed by atoms with van der Waals surface area (Å²) in [5, 5.41) is 11.0. The molecule has 0 aliphatic heterocycles. The number of aromatic nitrogens is 1. The van der Waals surface area contributed by atoms with Crippen LogP contribution in [-0.4, -0.2) is 4.98 Å². The molecule has 0 amide bonds. The van der Waals surface area contributed by atoms with Crippen LogP contribution in [0.3, 0.4) is 0 Å². The van der Waals surface area contributed by atoms with Gasteiger partial charge in [0.2, 0.25) is 0 Å². The van der Waals surface area contributed by atoms with Crippen LogP contribution in [0, 0.1) is 6.92 Å². The summed E-state index contributed by atoms with van der Waals surface area (Å²) in [7, 11) is 0. The largest absolute Gasteiger partial charge is 0.288 e. The number of hydrogen-bond donors (Lipinski definition) is 0. The topological polar surface area (TPSA) is 32.8 Å². The van der Waals surface area contributed by atoms with Crippen LogP contribution in [0.15, 0.2) is 12.1 Å². The summed E-state index contributed by atoms with van der Waals surface area (Å²) in [6.07, 6.45) is 0. The minimum atomic E-state index is -0.0700. The summed E-state index contributed by atoms with van der Waals surface area (Å²) in [5.74, 6) is -0.0700. The maximum absolute atomic E-state index is 10.7. The van der Waals surface area contributed by atoms with Crippen LogP contribution >= 0.6 is 11.6 Å². The summed E-state index contributed by atoms with van der Waals surface area (Å²) in [6, 6.07) is 2.89. The number of pyridine rings is 1. The Hall–Kier alpha value is -0.760. The standard InChI is InChI=1S/C6H5ClNO/c1-4-5(9)2-3-6(7)8-4/h2-3H,1H3. The van der Waals surface area contributed by atoms with E-state index in [2.05, 4.69) is 4.98 Å². The van der Waals surface area contributed by atoms with Gasteiger partial charge in [0.1, 0.15) is 5.15 Å². The van der Waals surface area contributed by atoms with E-state index in [0.717, 1.165) is 0 Å². The Morgan fingerprint density at radius 2 is 2.22 bits per heavy atom. The molecule has 0 fully saturated rings. The fourth-order valence-electron chi connectivity index (χ4n) is 0.518. The molecule has 0 N–H and O–H groups in total. The molecule has 3 heteroatoms. The van der Waals surface area contributed by atoms with E-state index < -0.39 is 0 Å². The van der Waals surface area contributed by atoms with Crippen LogP contribution in [0.2, 0.25) is 5.15 Å². The molecule has 0 atom stereocenters. The summed E-state index contributed by atoms with van der Waals surface area (Å²) in [4.78, 5) is 3.73. The molecule has 47 valence electrons. The van der Waals surface area contributed by atoms with Crippen molar-refractivity contribution in [2.45, 2.75) is 6.92 Å². The number of aryl methyl sites for hydroxylation is 1. The Kier molecular flexibility index (Phi) is 1.58. The van der Waals surface area contributed by atoms with E-state index in [1.165, 1.54) is 12.1 Å². The smallest absolute Gasteiger partial charge is 0.199 e. The first-order valence-corrected chi connectivity index (χ1v) is 2.88. The quantitative estimate of drug-likeness (QED) is 0.511. The van der Waals surface area contributed by atoms with Crippen molar-refractivity contribution in [2.75, 3.05) is 0 Å². The normalized spacial score (nSPS) is 9.56. The summed E-state index contributed by atoms with van der Waals surface area (Å²) >= 11 is 5.47. The fraction of sp³-hybridized carbons (Fsp3) is 0.167. The third kappa shape index (κ3) is 1.33. The van der Waals surface area contributed by atoms with Crippen LogP contribution in [-0.2, 0) is 5.11 Å². The van der Waals surface area contributed by atoms with Gasteiger partial charge in [-0.1, -0.05) is 11.6 Å². The Labute approximate surface area is 58.1 Å². The molecule has 0 unspecified atom stereocenters. The van der Waals surface area contributed by atoms with E-state index in [1.54, 1.807) is 6.92 Å². The predicted molar refractivity (Wildman–Crippen MR) is 34.1 cm³/mol. The lowest BCUT2D eigenvalue weighted by Gasteiger charge is -1.91. The second kappa shape index (κ2) is 2.23. The average Bonchev–Trinajstić information content (AvgIpc) is 1.80. The van der Waals surface area contributed by atoms with E-state index in [4.69, 9.17) is 11.6 Å². The zero-order valence-corrected chi connectivity index (χ0v) is 5.64. The van der Waals surface area contributed by atoms with Gasteiger partial charge in [0.15, 0.2) is 5.75 Å². The molecule has 1 aromatic rings. The van der Waals surface area contributed by atoms with Crippen molar-refractivity contribution in [3.8, 4) is 5.75 Å². The van der Waals surface area contributed by atoms with Gasteiger partial charge in [-0.05, 0) is 19.1 Å². The van der Waals surface area contributed by atoms with E-state index in [0.29, 0.717) is 10.8 Å². The summed E-state index contributed by atoms with van der Waals surface area (Å²) < 4.78 is 0. The van der Waals surface area contributed by atoms with Gasteiger partial charge in [-0.25, -0.2) is 4.98 Å². The zero-order valence-electron chi connectivity index (χ0n) is 4.89. The van der Waals surface area contributed by atoms with Crippen molar-refractivity contribution in [2.24, 2.45) is 0 Å². The Morgan fingerprint density at radius 3 is 2.67 bits per heavy atom. The third-order valence-electron chi connectivity index (χ3n) is 1.00. The Bertz CT molecular complexity index is 224. The van der Waals surface area contributed by atoms with Gasteiger partial charge >= 0.3 is 0 Å². The van der Waals surface area contributed by atoms with Crippen molar-refractivity contribution in [3.05, 3.63) is 23.0 Å². The van der Waals surface area contributed by atoms with Crippen LogP contribution < -0.4 is 0 Å². The van der Waals surface area contributed by atoms with Gasteiger partial charge in [0, 0.05) is 0 Å². The molecule has 1 aromatic heterocycles. The summed E-state index contributed by atoms with van der Waals surface area (Å²) in [5.41, 5.74) is 0.447. The van der Waals surface area contributed by atoms with Crippen LogP contribution in [0.5, 0.6) is 5.75 Å². The molecule has 0 saturated carbocycles. The Morgan fingerprint density at radius 1 is 1.56 bits per heavy atom. The minimum Gasteiger partial charge on any atom is -0.288 e. The maximum Gasteiger partial charge on any atom is 0.199 e. The number of halogens is 1. The van der Waals surface area contributed by atoms with Gasteiger partial charge in [0.25, 0.3) is 0 Å². The molecule has 0 aliphatic carbocycles. The molecule has 0 spiro atoms. The number of rotatable bonds is 0. The molecule has 2 nitrogen and oxygen atoms in total. The third-order valence-corrected chi connectivity index (χ3v) is 1.21. The molecule has 1 heterocycles. The highest BCUT2D eigenvalue weighted by Gasteiger charge is 1.97.